The SMILES string of the molecule is CC/C=C\C/C=C\C/C=C\C/C=C\C/C=C\CCCCCCCCC(O)C(=O)NC(COC1OC(CO)C(O)C(O)C1OC(=O)CCCCCCCCCCCCC)C(O)/C=C/CCCCCCCCCCCC. The van der Waals surface area contributed by atoms with E-state index in [2.05, 4.69) is 86.8 Å². The molecule has 0 aromatic heterocycles. The number of nitrogens with one attached hydrogen (secondary N) is 1. The van der Waals surface area contributed by atoms with Gasteiger partial charge in [0.15, 0.2) is 12.4 Å². The minimum Gasteiger partial charge on any atom is -0.454 e. The molecule has 11 heteroatoms. The third-order valence-electron chi connectivity index (χ3n) is 13.9. The zero-order chi connectivity index (χ0) is 54.0. The third kappa shape index (κ3) is 38.6. The van der Waals surface area contributed by atoms with Crippen LogP contribution in [0, 0.1) is 0 Å². The number of carbonyl (C=O) groups excluding carboxylic acids is 2. The Hall–Kier alpha value is -2.90. The number of unbranched alkanes of at least 4 members (excludes halogenated alkanes) is 26. The average Bonchev–Trinajstić information content (AvgIpc) is 3.40. The molecule has 8 unspecified atom stereocenters. The van der Waals surface area contributed by atoms with Crippen LogP contribution < -0.4 is 5.32 Å². The van der Waals surface area contributed by atoms with Gasteiger partial charge < -0.3 is 45.1 Å². The Morgan fingerprint density at radius 3 is 1.46 bits per heavy atom. The largest absolute Gasteiger partial charge is 0.454 e. The van der Waals surface area contributed by atoms with E-state index in [0.29, 0.717) is 12.8 Å². The minimum absolute atomic E-state index is 0.122. The van der Waals surface area contributed by atoms with Crippen LogP contribution in [0.1, 0.15) is 252 Å². The van der Waals surface area contributed by atoms with Crippen LogP contribution in [0.25, 0.3) is 0 Å². The van der Waals surface area contributed by atoms with E-state index >= 15 is 0 Å². The Morgan fingerprint density at radius 1 is 0.541 bits per heavy atom. The van der Waals surface area contributed by atoms with Crippen LogP contribution in [0.5, 0.6) is 0 Å². The number of hydrogen-bond donors (Lipinski definition) is 6. The van der Waals surface area contributed by atoms with Crippen LogP contribution in [0.4, 0.5) is 0 Å². The normalized spacial score (nSPS) is 19.8. The van der Waals surface area contributed by atoms with Crippen molar-refractivity contribution in [3.8, 4) is 0 Å². The second-order valence-corrected chi connectivity index (χ2v) is 20.7. The van der Waals surface area contributed by atoms with Gasteiger partial charge in [-0.3, -0.25) is 9.59 Å². The molecule has 1 fully saturated rings. The van der Waals surface area contributed by atoms with Gasteiger partial charge in [-0.15, -0.1) is 0 Å². The van der Waals surface area contributed by atoms with Crippen molar-refractivity contribution >= 4 is 11.9 Å². The summed E-state index contributed by atoms with van der Waals surface area (Å²) in [5, 5.41) is 56.8. The van der Waals surface area contributed by atoms with Gasteiger partial charge in [-0.05, 0) is 70.6 Å². The van der Waals surface area contributed by atoms with Crippen LogP contribution in [0.2, 0.25) is 0 Å². The van der Waals surface area contributed by atoms with E-state index in [4.69, 9.17) is 14.2 Å². The fourth-order valence-corrected chi connectivity index (χ4v) is 9.09. The molecule has 1 aliphatic rings. The lowest BCUT2D eigenvalue weighted by atomic mass is 9.99. The Morgan fingerprint density at radius 2 is 0.973 bits per heavy atom. The van der Waals surface area contributed by atoms with E-state index < -0.39 is 67.4 Å². The van der Waals surface area contributed by atoms with Crippen molar-refractivity contribution < 1.29 is 49.3 Å². The van der Waals surface area contributed by atoms with Crippen molar-refractivity contribution in [3.05, 3.63) is 72.9 Å². The summed E-state index contributed by atoms with van der Waals surface area (Å²) in [6, 6.07) is -1.03. The van der Waals surface area contributed by atoms with Gasteiger partial charge in [-0.1, -0.05) is 248 Å². The minimum atomic E-state index is -1.61. The number of carbonyl (C=O) groups is 2. The Labute approximate surface area is 451 Å². The average molecular weight is 1040 g/mol. The number of allylic oxidation sites excluding steroid dienone is 11. The summed E-state index contributed by atoms with van der Waals surface area (Å²) in [7, 11) is 0. The molecule has 8 atom stereocenters. The summed E-state index contributed by atoms with van der Waals surface area (Å²) in [6.07, 6.45) is 53.7. The van der Waals surface area contributed by atoms with Crippen LogP contribution in [0.3, 0.4) is 0 Å². The first-order valence-corrected chi connectivity index (χ1v) is 30.2. The van der Waals surface area contributed by atoms with Crippen LogP contribution in [-0.4, -0.2) is 99.6 Å². The molecular weight excluding hydrogens is 931 g/mol. The summed E-state index contributed by atoms with van der Waals surface area (Å²) >= 11 is 0. The Balaban J connectivity index is 2.68. The van der Waals surface area contributed by atoms with Gasteiger partial charge in [-0.2, -0.15) is 0 Å². The molecule has 0 saturated carbocycles. The predicted molar refractivity (Wildman–Crippen MR) is 306 cm³/mol. The van der Waals surface area contributed by atoms with Gasteiger partial charge >= 0.3 is 5.97 Å². The van der Waals surface area contributed by atoms with Crippen molar-refractivity contribution in [2.45, 2.75) is 301 Å². The summed E-state index contributed by atoms with van der Waals surface area (Å²) in [5.74, 6) is -1.21. The zero-order valence-electron chi connectivity index (χ0n) is 47.2. The van der Waals surface area contributed by atoms with Gasteiger partial charge in [0, 0.05) is 6.42 Å². The van der Waals surface area contributed by atoms with Crippen LogP contribution in [-0.2, 0) is 23.8 Å². The molecule has 0 radical (unpaired) electrons. The molecule has 74 heavy (non-hydrogen) atoms. The molecule has 6 N–H and O–H groups in total. The lowest BCUT2D eigenvalue weighted by Gasteiger charge is -2.41. The molecule has 0 spiro atoms. The molecular formula is C63H111NO10. The van der Waals surface area contributed by atoms with Gasteiger partial charge in [0.2, 0.25) is 5.91 Å². The summed E-state index contributed by atoms with van der Waals surface area (Å²) < 4.78 is 17.6. The van der Waals surface area contributed by atoms with Gasteiger partial charge in [0.25, 0.3) is 0 Å². The fraction of sp³-hybridized carbons (Fsp3) is 0.778. The number of rotatable bonds is 50. The Bertz CT molecular complexity index is 1480. The molecule has 1 heterocycles. The molecule has 0 bridgehead atoms. The maximum absolute atomic E-state index is 13.4. The maximum Gasteiger partial charge on any atom is 0.306 e. The topological polar surface area (TPSA) is 175 Å². The Kier molecular flexibility index (Phi) is 47.5. The zero-order valence-corrected chi connectivity index (χ0v) is 47.2. The number of hydrogen-bond acceptors (Lipinski definition) is 10. The third-order valence-corrected chi connectivity index (χ3v) is 13.9. The van der Waals surface area contributed by atoms with E-state index in [1.54, 1.807) is 6.08 Å². The van der Waals surface area contributed by atoms with Crippen LogP contribution >= 0.6 is 0 Å². The highest BCUT2D eigenvalue weighted by molar-refractivity contribution is 5.80. The second kappa shape index (κ2) is 50.9. The smallest absolute Gasteiger partial charge is 0.306 e. The molecule has 1 amide bonds. The van der Waals surface area contributed by atoms with Crippen molar-refractivity contribution in [3.63, 3.8) is 0 Å². The predicted octanol–water partition coefficient (Wildman–Crippen LogP) is 14.0. The van der Waals surface area contributed by atoms with Crippen molar-refractivity contribution in [1.29, 1.82) is 0 Å². The molecule has 1 aliphatic heterocycles. The highest BCUT2D eigenvalue weighted by Gasteiger charge is 2.47. The second-order valence-electron chi connectivity index (χ2n) is 20.7. The van der Waals surface area contributed by atoms with E-state index in [9.17, 15) is 35.1 Å². The van der Waals surface area contributed by atoms with Gasteiger partial charge in [0.05, 0.1) is 25.4 Å². The standard InChI is InChI=1S/C63H111NO10/c1-4-7-10-13-16-19-22-24-25-26-27-28-29-30-31-32-33-36-38-41-44-47-50-56(67)62(71)64-54(55(66)49-46-43-40-37-35-23-20-17-14-11-8-5-2)53-72-63-61(60(70)59(69)57(52-65)73-63)74-58(68)51-48-45-42-39-34-21-18-15-12-9-6-3/h7,10,16,19,24-25,27-28,30-31,46,49,54-57,59-61,63,65-67,69-70H,4-6,8-9,11-15,17-18,20-23,26,29,32-45,47-48,50-53H2,1-3H3,(H,64,71)/b10-7-,19-16-,25-24-,28-27-,31-30-,49-46+. The molecule has 0 aromatic rings. The quantitative estimate of drug-likeness (QED) is 0.0195. The van der Waals surface area contributed by atoms with Crippen LogP contribution in [0.15, 0.2) is 72.9 Å². The summed E-state index contributed by atoms with van der Waals surface area (Å²) in [6.45, 7) is 5.65. The molecule has 0 aliphatic carbocycles. The first-order valence-electron chi connectivity index (χ1n) is 30.2. The van der Waals surface area contributed by atoms with E-state index in [1.165, 1.54) is 96.3 Å². The monoisotopic (exact) mass is 1040 g/mol. The maximum atomic E-state index is 13.4. The number of esters is 1. The van der Waals surface area contributed by atoms with Gasteiger partial charge in [-0.25, -0.2) is 0 Å². The highest BCUT2D eigenvalue weighted by Crippen LogP contribution is 2.26. The van der Waals surface area contributed by atoms with E-state index in [0.717, 1.165) is 109 Å². The first-order chi connectivity index (χ1) is 36.2. The molecule has 11 nitrogen and oxygen atoms in total. The van der Waals surface area contributed by atoms with Crippen molar-refractivity contribution in [1.82, 2.24) is 5.32 Å². The van der Waals surface area contributed by atoms with Gasteiger partial charge in [0.1, 0.15) is 24.4 Å². The van der Waals surface area contributed by atoms with Crippen molar-refractivity contribution in [2.75, 3.05) is 13.2 Å². The first kappa shape index (κ1) is 69.1. The number of amides is 1. The fourth-order valence-electron chi connectivity index (χ4n) is 9.09. The molecule has 0 aromatic carbocycles. The number of aliphatic hydroxyl groups excluding tert-OH is 5. The summed E-state index contributed by atoms with van der Waals surface area (Å²) in [4.78, 5) is 26.5. The molecule has 428 valence electrons. The lowest BCUT2D eigenvalue weighted by Crippen LogP contribution is -2.61. The molecule has 1 rings (SSSR count). The van der Waals surface area contributed by atoms with E-state index in [-0.39, 0.29) is 19.4 Å². The number of aliphatic hydroxyl groups is 5. The lowest BCUT2D eigenvalue weighted by molar-refractivity contribution is -0.305. The highest BCUT2D eigenvalue weighted by atomic mass is 16.7. The van der Waals surface area contributed by atoms with E-state index in [1.807, 2.05) is 6.08 Å². The molecule has 1 saturated heterocycles. The van der Waals surface area contributed by atoms with Crippen molar-refractivity contribution in [2.24, 2.45) is 0 Å². The summed E-state index contributed by atoms with van der Waals surface area (Å²) in [5.41, 5.74) is 0. The number of ether oxygens (including phenoxy) is 3.